The van der Waals surface area contributed by atoms with Crippen LogP contribution in [0.1, 0.15) is 17.0 Å². The molecular weight excluding hydrogens is 406 g/mol. The van der Waals surface area contributed by atoms with Crippen LogP contribution in [-0.2, 0) is 0 Å². The quantitative estimate of drug-likeness (QED) is 0.690. The molecule has 0 spiro atoms. The second-order valence-electron chi connectivity index (χ2n) is 6.53. The van der Waals surface area contributed by atoms with Crippen molar-refractivity contribution in [3.05, 3.63) is 96.4 Å². The van der Waals surface area contributed by atoms with Gasteiger partial charge in [-0.05, 0) is 41.5 Å². The van der Waals surface area contributed by atoms with Crippen LogP contribution < -0.4 is 20.5 Å². The third-order valence-corrected chi connectivity index (χ3v) is 5.87. The highest BCUT2D eigenvalue weighted by Gasteiger charge is 2.32. The normalized spacial score (nSPS) is 16.2. The van der Waals surface area contributed by atoms with Gasteiger partial charge in [-0.2, -0.15) is 10.5 Å². The monoisotopic (exact) mass is 418 g/mol. The van der Waals surface area contributed by atoms with Gasteiger partial charge in [0.25, 0.3) is 5.56 Å². The number of fused-ring (bicyclic) bond motifs is 1. The summed E-state index contributed by atoms with van der Waals surface area (Å²) in [4.78, 5) is 13.0. The van der Waals surface area contributed by atoms with Crippen LogP contribution in [-0.4, -0.2) is 4.57 Å². The largest absolute Gasteiger partial charge is 0.384 e. The fourth-order valence-corrected chi connectivity index (χ4v) is 4.48. The number of allylic oxidation sites excluding steroid dienone is 1. The summed E-state index contributed by atoms with van der Waals surface area (Å²) < 4.78 is 28.3. The minimum absolute atomic E-state index is 0.0406. The third kappa shape index (κ3) is 3.10. The first kappa shape index (κ1) is 19.3. The lowest BCUT2D eigenvalue weighted by Gasteiger charge is -2.22. The van der Waals surface area contributed by atoms with Crippen molar-refractivity contribution >= 4 is 28.8 Å². The molecule has 1 aliphatic rings. The van der Waals surface area contributed by atoms with Crippen LogP contribution >= 0.6 is 11.3 Å². The molecule has 8 heteroatoms. The molecule has 1 aromatic heterocycles. The van der Waals surface area contributed by atoms with E-state index in [1.807, 2.05) is 6.07 Å². The van der Waals surface area contributed by atoms with Crippen molar-refractivity contribution in [3.63, 3.8) is 0 Å². The summed E-state index contributed by atoms with van der Waals surface area (Å²) in [6.07, 6.45) is 1.57. The van der Waals surface area contributed by atoms with Gasteiger partial charge in [-0.25, -0.2) is 8.78 Å². The molecule has 3 aromatic rings. The predicted octanol–water partition coefficient (Wildman–Crippen LogP) is 2.14. The van der Waals surface area contributed by atoms with Crippen LogP contribution in [0.15, 0.2) is 58.9 Å². The van der Waals surface area contributed by atoms with E-state index >= 15 is 0 Å². The molecule has 0 radical (unpaired) electrons. The van der Waals surface area contributed by atoms with E-state index in [0.717, 1.165) is 15.9 Å². The topological polar surface area (TPSA) is 95.6 Å². The summed E-state index contributed by atoms with van der Waals surface area (Å²) in [5.41, 5.74) is 7.03. The maximum atomic E-state index is 13.4. The number of hydrogen-bond donors (Lipinski definition) is 1. The van der Waals surface area contributed by atoms with Crippen molar-refractivity contribution in [2.24, 2.45) is 5.73 Å². The number of nitriles is 2. The van der Waals surface area contributed by atoms with E-state index in [-0.39, 0.29) is 21.5 Å². The average Bonchev–Trinajstić information content (AvgIpc) is 3.06. The molecule has 0 aliphatic carbocycles. The molecule has 2 aromatic carbocycles. The summed E-state index contributed by atoms with van der Waals surface area (Å²) in [5.74, 6) is -1.73. The van der Waals surface area contributed by atoms with E-state index in [2.05, 4.69) is 6.07 Å². The highest BCUT2D eigenvalue weighted by molar-refractivity contribution is 7.07. The van der Waals surface area contributed by atoms with Gasteiger partial charge in [-0.1, -0.05) is 24.3 Å². The molecule has 1 atom stereocenters. The van der Waals surface area contributed by atoms with Crippen molar-refractivity contribution in [2.45, 2.75) is 5.92 Å². The lowest BCUT2D eigenvalue weighted by molar-refractivity contribution is 0.626. The molecule has 0 fully saturated rings. The number of nitrogens with two attached hydrogens (primary N) is 1. The Bertz CT molecular complexity index is 1450. The van der Waals surface area contributed by atoms with Gasteiger partial charge in [0.15, 0.2) is 0 Å². The average molecular weight is 418 g/mol. The number of benzene rings is 2. The van der Waals surface area contributed by atoms with E-state index < -0.39 is 23.1 Å². The summed E-state index contributed by atoms with van der Waals surface area (Å²) in [5, 5.41) is 19.6. The van der Waals surface area contributed by atoms with E-state index in [1.54, 1.807) is 6.08 Å². The minimum Gasteiger partial charge on any atom is -0.384 e. The maximum Gasteiger partial charge on any atom is 0.274 e. The second kappa shape index (κ2) is 7.43. The van der Waals surface area contributed by atoms with Gasteiger partial charge < -0.3 is 5.73 Å². The van der Waals surface area contributed by atoms with Crippen molar-refractivity contribution in [1.29, 1.82) is 10.5 Å². The van der Waals surface area contributed by atoms with E-state index in [4.69, 9.17) is 5.73 Å². The lowest BCUT2D eigenvalue weighted by atomic mass is 9.84. The molecule has 4 rings (SSSR count). The zero-order chi connectivity index (χ0) is 21.4. The molecule has 2 N–H and O–H groups in total. The fraction of sp³-hybridized carbons (Fsp3) is 0.0455. The lowest BCUT2D eigenvalue weighted by Crippen LogP contribution is -2.38. The van der Waals surface area contributed by atoms with Crippen molar-refractivity contribution in [1.82, 2.24) is 4.57 Å². The molecule has 1 aliphatic heterocycles. The van der Waals surface area contributed by atoms with Crippen molar-refractivity contribution in [3.8, 4) is 12.1 Å². The van der Waals surface area contributed by atoms with Crippen LogP contribution in [0.4, 0.5) is 8.78 Å². The van der Waals surface area contributed by atoms with Crippen LogP contribution in [0.2, 0.25) is 0 Å². The standard InChI is InChI=1S/C22H12F2N4OS/c23-14-5-1-12(2-6-14)9-18-21(29)28-20(27)16(10-25)19(17(11-26)22(28)30-18)13-3-7-15(24)8-4-13/h1-9,19H,27H2/b18-9-. The first-order valence-corrected chi connectivity index (χ1v) is 9.55. The van der Waals surface area contributed by atoms with E-state index in [9.17, 15) is 24.1 Å². The molecule has 0 saturated carbocycles. The third-order valence-electron chi connectivity index (χ3n) is 4.76. The molecule has 5 nitrogen and oxygen atoms in total. The maximum absolute atomic E-state index is 13.4. The summed E-state index contributed by atoms with van der Waals surface area (Å²) in [6.45, 7) is 0. The number of rotatable bonds is 2. The SMILES string of the molecule is N#CC1=C(N)n2c(s/c(=C\c3ccc(F)cc3)c2=O)=C(C#N)C1c1ccc(F)cc1. The number of halogens is 2. The Balaban J connectivity index is 2.04. The number of hydrogen-bond acceptors (Lipinski definition) is 5. The van der Waals surface area contributed by atoms with Crippen LogP contribution in [0.5, 0.6) is 0 Å². The Morgan fingerprint density at radius 3 is 2.10 bits per heavy atom. The molecule has 30 heavy (non-hydrogen) atoms. The first-order chi connectivity index (χ1) is 14.4. The van der Waals surface area contributed by atoms with Gasteiger partial charge >= 0.3 is 0 Å². The molecule has 0 saturated heterocycles. The number of aromatic nitrogens is 1. The van der Waals surface area contributed by atoms with Gasteiger partial charge in [0.1, 0.15) is 22.1 Å². The minimum atomic E-state index is -0.808. The Kier molecular flexibility index (Phi) is 4.78. The molecule has 0 bridgehead atoms. The van der Waals surface area contributed by atoms with Gasteiger partial charge in [0.05, 0.1) is 33.7 Å². The Hall–Kier alpha value is -4.01. The number of nitrogens with zero attached hydrogens (tertiary/aromatic N) is 3. The smallest absolute Gasteiger partial charge is 0.274 e. The second-order valence-corrected chi connectivity index (χ2v) is 7.56. The van der Waals surface area contributed by atoms with Crippen LogP contribution in [0.3, 0.4) is 0 Å². The van der Waals surface area contributed by atoms with Crippen LogP contribution in [0.25, 0.3) is 17.5 Å². The van der Waals surface area contributed by atoms with Gasteiger partial charge in [-0.3, -0.25) is 9.36 Å². The van der Waals surface area contributed by atoms with Gasteiger partial charge in [0.2, 0.25) is 0 Å². The molecule has 146 valence electrons. The zero-order valence-corrected chi connectivity index (χ0v) is 16.1. The summed E-state index contributed by atoms with van der Waals surface area (Å²) in [7, 11) is 0. The van der Waals surface area contributed by atoms with Crippen molar-refractivity contribution < 1.29 is 8.78 Å². The van der Waals surface area contributed by atoms with E-state index in [0.29, 0.717) is 15.8 Å². The van der Waals surface area contributed by atoms with Gasteiger partial charge in [-0.15, -0.1) is 11.3 Å². The highest BCUT2D eigenvalue weighted by atomic mass is 32.1. The molecule has 1 unspecified atom stereocenters. The Morgan fingerprint density at radius 1 is 0.967 bits per heavy atom. The summed E-state index contributed by atoms with van der Waals surface area (Å²) >= 11 is 1.06. The highest BCUT2D eigenvalue weighted by Crippen LogP contribution is 2.35. The molecule has 0 amide bonds. The Morgan fingerprint density at radius 2 is 1.53 bits per heavy atom. The molecular formula is C22H12F2N4OS. The first-order valence-electron chi connectivity index (χ1n) is 8.73. The number of thiazole rings is 1. The summed E-state index contributed by atoms with van der Waals surface area (Å²) in [6, 6.07) is 15.1. The fourth-order valence-electron chi connectivity index (χ4n) is 3.35. The molecule has 2 heterocycles. The van der Waals surface area contributed by atoms with Crippen LogP contribution in [0, 0.1) is 34.3 Å². The predicted molar refractivity (Wildman–Crippen MR) is 109 cm³/mol. The Labute approximate surface area is 173 Å². The van der Waals surface area contributed by atoms with Gasteiger partial charge in [0, 0.05) is 0 Å². The van der Waals surface area contributed by atoms with Crippen molar-refractivity contribution in [2.75, 3.05) is 0 Å². The van der Waals surface area contributed by atoms with E-state index in [1.165, 1.54) is 48.5 Å². The zero-order valence-electron chi connectivity index (χ0n) is 15.3.